The third-order valence-corrected chi connectivity index (χ3v) is 5.49. The van der Waals surface area contributed by atoms with Crippen molar-refractivity contribution >= 4 is 17.8 Å². The topological polar surface area (TPSA) is 66.8 Å². The number of benzene rings is 2. The summed E-state index contributed by atoms with van der Waals surface area (Å²) in [6, 6.07) is 16.7. The normalized spacial score (nSPS) is 16.6. The zero-order chi connectivity index (χ0) is 23.1. The molecule has 0 bridgehead atoms. The maximum Gasteiger partial charge on any atom is 0.290 e. The molecule has 168 valence electrons. The highest BCUT2D eigenvalue weighted by Crippen LogP contribution is 2.38. The first-order valence-corrected chi connectivity index (χ1v) is 11.1. The van der Waals surface area contributed by atoms with Crippen LogP contribution in [-0.4, -0.2) is 41.0 Å². The predicted molar refractivity (Wildman–Crippen MR) is 126 cm³/mol. The molecule has 0 saturated carbocycles. The van der Waals surface area contributed by atoms with Crippen LogP contribution >= 0.6 is 0 Å². The molecule has 0 aliphatic carbocycles. The third-order valence-electron chi connectivity index (χ3n) is 5.49. The quantitative estimate of drug-likeness (QED) is 0.421. The summed E-state index contributed by atoms with van der Waals surface area (Å²) in [5, 5.41) is 10.7. The summed E-state index contributed by atoms with van der Waals surface area (Å²) in [5.74, 6) is -1.36. The SMILES string of the molecule is CCc1ccc([C@@H]2C(C(=O)/C=C/c3ccccc3)=C(O)C(=O)N2CCCOC(C)C)cc1. The van der Waals surface area contributed by atoms with Crippen molar-refractivity contribution in [3.63, 3.8) is 0 Å². The van der Waals surface area contributed by atoms with Crippen molar-refractivity contribution in [2.24, 2.45) is 0 Å². The van der Waals surface area contributed by atoms with Gasteiger partial charge in [-0.25, -0.2) is 0 Å². The van der Waals surface area contributed by atoms with Crippen LogP contribution in [0.4, 0.5) is 0 Å². The molecular formula is C27H31NO4. The Balaban J connectivity index is 1.90. The molecule has 1 heterocycles. The molecule has 0 saturated heterocycles. The summed E-state index contributed by atoms with van der Waals surface area (Å²) in [6.07, 6.45) is 4.74. The maximum absolute atomic E-state index is 13.1. The van der Waals surface area contributed by atoms with Crippen LogP contribution in [0.2, 0.25) is 0 Å². The van der Waals surface area contributed by atoms with Crippen molar-refractivity contribution < 1.29 is 19.4 Å². The Kier molecular flexibility index (Phi) is 8.01. The number of aryl methyl sites for hydroxylation is 1. The molecule has 0 spiro atoms. The van der Waals surface area contributed by atoms with Crippen LogP contribution < -0.4 is 0 Å². The lowest BCUT2D eigenvalue weighted by molar-refractivity contribution is -0.129. The number of hydrogen-bond donors (Lipinski definition) is 1. The van der Waals surface area contributed by atoms with Gasteiger partial charge in [-0.05, 0) is 49.5 Å². The minimum absolute atomic E-state index is 0.105. The van der Waals surface area contributed by atoms with Gasteiger partial charge in [0.15, 0.2) is 11.5 Å². The molecule has 3 rings (SSSR count). The number of aliphatic hydroxyl groups excluding tert-OH is 1. The van der Waals surface area contributed by atoms with Crippen molar-refractivity contribution in [3.05, 3.63) is 88.7 Å². The van der Waals surface area contributed by atoms with E-state index in [2.05, 4.69) is 6.92 Å². The lowest BCUT2D eigenvalue weighted by atomic mass is 9.94. The number of amides is 1. The molecule has 1 N–H and O–H groups in total. The van der Waals surface area contributed by atoms with Gasteiger partial charge in [0.05, 0.1) is 17.7 Å². The second-order valence-corrected chi connectivity index (χ2v) is 8.14. The molecule has 0 aromatic heterocycles. The van der Waals surface area contributed by atoms with Gasteiger partial charge in [-0.2, -0.15) is 0 Å². The summed E-state index contributed by atoms with van der Waals surface area (Å²) >= 11 is 0. The van der Waals surface area contributed by atoms with Gasteiger partial charge in [-0.1, -0.05) is 67.6 Å². The highest BCUT2D eigenvalue weighted by Gasteiger charge is 2.42. The van der Waals surface area contributed by atoms with Crippen molar-refractivity contribution in [1.29, 1.82) is 0 Å². The average molecular weight is 434 g/mol. The van der Waals surface area contributed by atoms with E-state index in [1.807, 2.05) is 68.4 Å². The van der Waals surface area contributed by atoms with Crippen molar-refractivity contribution in [3.8, 4) is 0 Å². The lowest BCUT2D eigenvalue weighted by Crippen LogP contribution is -2.32. The molecule has 32 heavy (non-hydrogen) atoms. The predicted octanol–water partition coefficient (Wildman–Crippen LogP) is 5.04. The van der Waals surface area contributed by atoms with Crippen LogP contribution in [-0.2, 0) is 20.7 Å². The van der Waals surface area contributed by atoms with Crippen LogP contribution in [0.5, 0.6) is 0 Å². The smallest absolute Gasteiger partial charge is 0.290 e. The fourth-order valence-corrected chi connectivity index (χ4v) is 3.80. The summed E-state index contributed by atoms with van der Waals surface area (Å²) in [7, 11) is 0. The summed E-state index contributed by atoms with van der Waals surface area (Å²) in [4.78, 5) is 27.6. The van der Waals surface area contributed by atoms with E-state index in [4.69, 9.17) is 4.74 Å². The number of hydrogen-bond acceptors (Lipinski definition) is 4. The summed E-state index contributed by atoms with van der Waals surface area (Å²) in [5.41, 5.74) is 2.97. The molecule has 5 heteroatoms. The van der Waals surface area contributed by atoms with Gasteiger partial charge in [0.25, 0.3) is 5.91 Å². The molecule has 0 radical (unpaired) electrons. The zero-order valence-electron chi connectivity index (χ0n) is 19.0. The standard InChI is InChI=1S/C27H31NO4/c1-4-20-11-14-22(15-12-20)25-24(23(29)16-13-21-9-6-5-7-10-21)26(30)27(31)28(25)17-8-18-32-19(2)3/h5-7,9-16,19,25,30H,4,8,17-18H2,1-3H3/b16-13+/t25-/m1/s1. The summed E-state index contributed by atoms with van der Waals surface area (Å²) in [6.45, 7) is 6.88. The van der Waals surface area contributed by atoms with Gasteiger partial charge >= 0.3 is 0 Å². The fourth-order valence-electron chi connectivity index (χ4n) is 3.80. The van der Waals surface area contributed by atoms with E-state index in [0.717, 1.165) is 17.5 Å². The lowest BCUT2D eigenvalue weighted by Gasteiger charge is -2.27. The molecule has 2 aromatic rings. The first kappa shape index (κ1) is 23.5. The van der Waals surface area contributed by atoms with Crippen molar-refractivity contribution in [2.75, 3.05) is 13.2 Å². The van der Waals surface area contributed by atoms with Gasteiger partial charge in [0.2, 0.25) is 0 Å². The highest BCUT2D eigenvalue weighted by atomic mass is 16.5. The number of ether oxygens (including phenoxy) is 1. The first-order chi connectivity index (χ1) is 15.4. The number of allylic oxidation sites excluding steroid dienone is 1. The van der Waals surface area contributed by atoms with Crippen LogP contribution in [0.15, 0.2) is 72.0 Å². The molecule has 1 atom stereocenters. The number of aliphatic hydroxyl groups is 1. The van der Waals surface area contributed by atoms with Crippen LogP contribution in [0, 0.1) is 0 Å². The Morgan fingerprint density at radius 3 is 2.44 bits per heavy atom. The van der Waals surface area contributed by atoms with Gasteiger partial charge in [-0.3, -0.25) is 9.59 Å². The van der Waals surface area contributed by atoms with E-state index in [-0.39, 0.29) is 17.5 Å². The Hall–Kier alpha value is -3.18. The maximum atomic E-state index is 13.1. The van der Waals surface area contributed by atoms with E-state index in [1.165, 1.54) is 11.6 Å². The zero-order valence-corrected chi connectivity index (χ0v) is 19.0. The number of rotatable bonds is 10. The van der Waals surface area contributed by atoms with Crippen molar-refractivity contribution in [2.45, 2.75) is 45.8 Å². The van der Waals surface area contributed by atoms with Crippen LogP contribution in [0.3, 0.4) is 0 Å². The number of ketones is 1. The second-order valence-electron chi connectivity index (χ2n) is 8.14. The van der Waals surface area contributed by atoms with E-state index in [1.54, 1.807) is 11.0 Å². The second kappa shape index (κ2) is 10.9. The minimum Gasteiger partial charge on any atom is -0.503 e. The molecule has 0 fully saturated rings. The Labute approximate surface area is 190 Å². The van der Waals surface area contributed by atoms with Gasteiger partial charge in [-0.15, -0.1) is 0 Å². The van der Waals surface area contributed by atoms with Crippen molar-refractivity contribution in [1.82, 2.24) is 4.90 Å². The molecule has 5 nitrogen and oxygen atoms in total. The van der Waals surface area contributed by atoms with E-state index >= 15 is 0 Å². The largest absolute Gasteiger partial charge is 0.503 e. The average Bonchev–Trinajstić information content (AvgIpc) is 3.06. The van der Waals surface area contributed by atoms with E-state index < -0.39 is 17.7 Å². The third kappa shape index (κ3) is 5.54. The molecule has 2 aromatic carbocycles. The highest BCUT2D eigenvalue weighted by molar-refractivity contribution is 6.14. The summed E-state index contributed by atoms with van der Waals surface area (Å²) < 4.78 is 5.60. The van der Waals surface area contributed by atoms with Crippen LogP contribution in [0.25, 0.3) is 6.08 Å². The van der Waals surface area contributed by atoms with Crippen LogP contribution in [0.1, 0.15) is 49.9 Å². The molecule has 1 aliphatic heterocycles. The number of carbonyl (C=O) groups excluding carboxylic acids is 2. The monoisotopic (exact) mass is 433 g/mol. The van der Waals surface area contributed by atoms with E-state index in [9.17, 15) is 14.7 Å². The Morgan fingerprint density at radius 1 is 1.12 bits per heavy atom. The Morgan fingerprint density at radius 2 is 1.81 bits per heavy atom. The number of carbonyl (C=O) groups is 2. The first-order valence-electron chi connectivity index (χ1n) is 11.1. The molecule has 0 unspecified atom stereocenters. The van der Waals surface area contributed by atoms with Gasteiger partial charge < -0.3 is 14.7 Å². The van der Waals surface area contributed by atoms with E-state index in [0.29, 0.717) is 19.6 Å². The van der Waals surface area contributed by atoms with Gasteiger partial charge in [0.1, 0.15) is 0 Å². The molecule has 1 aliphatic rings. The minimum atomic E-state index is -0.625. The fraction of sp³-hybridized carbons (Fsp3) is 0.333. The Bertz CT molecular complexity index is 990. The molecule has 1 amide bonds. The number of nitrogens with zero attached hydrogens (tertiary/aromatic N) is 1. The molecular weight excluding hydrogens is 402 g/mol. The van der Waals surface area contributed by atoms with Gasteiger partial charge in [0, 0.05) is 13.2 Å².